The minimum atomic E-state index is -1.68. The molecule has 0 radical (unpaired) electrons. The van der Waals surface area contributed by atoms with Crippen molar-refractivity contribution in [2.45, 2.75) is 46.0 Å². The van der Waals surface area contributed by atoms with Gasteiger partial charge in [0.15, 0.2) is 17.2 Å². The molecule has 1 aliphatic rings. The first-order valence-electron chi connectivity index (χ1n) is 14.1. The van der Waals surface area contributed by atoms with Crippen molar-refractivity contribution in [3.63, 3.8) is 0 Å². The minimum Gasteiger partial charge on any atom is -0.504 e. The molecule has 0 unspecified atom stereocenters. The summed E-state index contributed by atoms with van der Waals surface area (Å²) in [5.41, 5.74) is 4.08. The predicted molar refractivity (Wildman–Crippen MR) is 179 cm³/mol. The molecule has 0 saturated heterocycles. The molecule has 0 aromatic heterocycles. The van der Waals surface area contributed by atoms with Crippen LogP contribution in [0.2, 0.25) is 0 Å². The summed E-state index contributed by atoms with van der Waals surface area (Å²) in [5, 5.41) is 14.7. The third-order valence-corrected chi connectivity index (χ3v) is 10.5. The van der Waals surface area contributed by atoms with Gasteiger partial charge in [-0.2, -0.15) is 12.8 Å². The van der Waals surface area contributed by atoms with Crippen molar-refractivity contribution in [2.24, 2.45) is 0 Å². The molecule has 0 spiro atoms. The molecule has 0 atom stereocenters. The molecule has 0 fully saturated rings. The van der Waals surface area contributed by atoms with Crippen LogP contribution in [0.5, 0.6) is 17.2 Å². The second-order valence-corrected chi connectivity index (χ2v) is 12.3. The first-order valence-corrected chi connectivity index (χ1v) is 15.6. The average Bonchev–Trinajstić information content (AvgIpc) is 2.95. The topological polar surface area (TPSA) is 38.7 Å². The van der Waals surface area contributed by atoms with Crippen molar-refractivity contribution in [3.05, 3.63) is 122 Å². The Kier molecular flexibility index (Phi) is 14.8. The number of phenolic OH excluding ortho intramolecular Hbond substituents is 1. The van der Waals surface area contributed by atoms with Crippen LogP contribution in [-0.4, -0.2) is 19.3 Å². The number of para-hydroxylation sites is 1. The number of phenols is 1. The van der Waals surface area contributed by atoms with Gasteiger partial charge in [0, 0.05) is 29.5 Å². The van der Waals surface area contributed by atoms with Crippen LogP contribution >= 0.6 is 7.92 Å². The van der Waals surface area contributed by atoms with Crippen LogP contribution in [0.15, 0.2) is 97.1 Å². The van der Waals surface area contributed by atoms with Crippen molar-refractivity contribution in [2.75, 3.05) is 14.2 Å². The summed E-state index contributed by atoms with van der Waals surface area (Å²) in [5.74, 6) is 1.96. The summed E-state index contributed by atoms with van der Waals surface area (Å²) < 4.78 is 11.6. The maximum atomic E-state index is 11.6. The summed E-state index contributed by atoms with van der Waals surface area (Å²) in [4.78, 5) is 0. The zero-order chi connectivity index (χ0) is 28.3. The van der Waals surface area contributed by atoms with E-state index in [4.69, 9.17) is 9.47 Å². The molecule has 0 amide bonds. The third kappa shape index (κ3) is 8.44. The van der Waals surface area contributed by atoms with Crippen LogP contribution in [0.1, 0.15) is 43.2 Å². The van der Waals surface area contributed by atoms with Crippen LogP contribution in [0.25, 0.3) is 11.1 Å². The fourth-order valence-electron chi connectivity index (χ4n) is 5.23. The maximum absolute atomic E-state index is 11.6. The van der Waals surface area contributed by atoms with E-state index in [0.29, 0.717) is 5.75 Å². The Morgan fingerprint density at radius 2 is 1.26 bits per heavy atom. The smallest absolute Gasteiger partial charge is 0.166 e. The van der Waals surface area contributed by atoms with E-state index in [9.17, 15) is 5.11 Å². The van der Waals surface area contributed by atoms with E-state index in [2.05, 4.69) is 44.6 Å². The monoisotopic (exact) mass is 625 g/mol. The molecule has 42 heavy (non-hydrogen) atoms. The average molecular weight is 626 g/mol. The van der Waals surface area contributed by atoms with Gasteiger partial charge in [0.05, 0.1) is 14.2 Å². The van der Waals surface area contributed by atoms with E-state index in [1.807, 2.05) is 72.8 Å². The number of aryl methyl sites for hydroxylation is 2. The van der Waals surface area contributed by atoms with Gasteiger partial charge in [0.1, 0.15) is 23.8 Å². The van der Waals surface area contributed by atoms with E-state index >= 15 is 0 Å². The van der Waals surface area contributed by atoms with Gasteiger partial charge in [-0.3, -0.25) is 0 Å². The Hall–Kier alpha value is -3.19. The Labute approximate surface area is 264 Å². The number of allylic oxidation sites excluding steroid dienone is 2. The molecule has 0 aliphatic heterocycles. The van der Waals surface area contributed by atoms with Crippen molar-refractivity contribution in [3.8, 4) is 28.4 Å². The van der Waals surface area contributed by atoms with Gasteiger partial charge in [-0.25, -0.2) is 0 Å². The zero-order valence-electron chi connectivity index (χ0n) is 25.4. The Bertz CT molecular complexity index is 1350. The molecule has 1 aliphatic carbocycles. The van der Waals surface area contributed by atoms with Crippen molar-refractivity contribution in [1.29, 1.82) is 0 Å². The number of methoxy groups -OCH3 is 2. The quantitative estimate of drug-likeness (QED) is 0.101. The SMILES string of the molecule is C1=C\CCC[CH-]CC/1.COc1cccc(C)c1[PH+](c1cccc(-c2ccccc2)c1O)c1c(C)cccc1OC.[CH3+].[Ni]. The fourth-order valence-corrected chi connectivity index (χ4v) is 8.47. The number of aromatic hydroxyl groups is 1. The zero-order valence-corrected chi connectivity index (χ0v) is 27.4. The third-order valence-electron chi connectivity index (χ3n) is 7.28. The van der Waals surface area contributed by atoms with E-state index in [-0.39, 0.29) is 23.9 Å². The van der Waals surface area contributed by atoms with E-state index in [1.165, 1.54) is 32.1 Å². The van der Waals surface area contributed by atoms with Crippen LogP contribution in [0.3, 0.4) is 0 Å². The van der Waals surface area contributed by atoms with Gasteiger partial charge in [-0.15, -0.1) is 0 Å². The summed E-state index contributed by atoms with van der Waals surface area (Å²) in [6.45, 7) is 4.21. The molecule has 224 valence electrons. The van der Waals surface area contributed by atoms with Crippen molar-refractivity contribution in [1.82, 2.24) is 0 Å². The maximum Gasteiger partial charge on any atom is 0.166 e. The van der Waals surface area contributed by atoms with Gasteiger partial charge >= 0.3 is 0 Å². The van der Waals surface area contributed by atoms with Gasteiger partial charge in [-0.05, 0) is 55.2 Å². The molecular formula is C37H44NiO3P+. The molecule has 5 heteroatoms. The first kappa shape index (κ1) is 35.0. The first-order chi connectivity index (χ1) is 19.6. The molecule has 0 bridgehead atoms. The number of rotatable bonds is 6. The normalized spacial score (nSPS) is 13.3. The van der Waals surface area contributed by atoms with Crippen molar-refractivity contribution < 1.29 is 31.1 Å². The Balaban J connectivity index is 0.000000535. The molecule has 5 rings (SSSR count). The second kappa shape index (κ2) is 17.7. The number of hydrogen-bond acceptors (Lipinski definition) is 3. The molecule has 1 N–H and O–H groups in total. The number of hydrogen-bond donors (Lipinski definition) is 1. The second-order valence-electron chi connectivity index (χ2n) is 10.0. The van der Waals surface area contributed by atoms with Crippen LogP contribution < -0.4 is 25.4 Å². The summed E-state index contributed by atoms with van der Waals surface area (Å²) in [6.07, 6.45) is 13.5. The van der Waals surface area contributed by atoms with E-state index in [1.54, 1.807) is 14.2 Å². The van der Waals surface area contributed by atoms with E-state index < -0.39 is 7.92 Å². The Morgan fingerprint density at radius 1 is 0.690 bits per heavy atom. The van der Waals surface area contributed by atoms with E-state index in [0.717, 1.165) is 49.7 Å². The molecule has 4 aromatic carbocycles. The number of benzene rings is 4. The molecule has 0 saturated carbocycles. The molecule has 4 aromatic rings. The minimum absolute atomic E-state index is 0. The largest absolute Gasteiger partial charge is 0.504 e. The van der Waals surface area contributed by atoms with Crippen LogP contribution in [0.4, 0.5) is 0 Å². The molecule has 0 heterocycles. The van der Waals surface area contributed by atoms with Crippen LogP contribution in [-0.2, 0) is 16.5 Å². The Morgan fingerprint density at radius 3 is 1.86 bits per heavy atom. The standard InChI is InChI=1S/C28H27O3P.C8H13.CH3.Ni/c1-19-11-8-16-23(30-3)27(19)32(28-20(2)12-9-17-24(28)31-4)25-18-10-15-22(26(25)29)21-13-6-5-7-14-21;1-2-4-6-8-7-5-3-1;;/h5-18,29H,1-4H3;1-2,7H,3-6,8H2;1H3;/q;-1;+1;/p+1/b;2-1-;;. The fraction of sp³-hybridized carbons (Fsp3) is 0.243. The molecule has 3 nitrogen and oxygen atoms in total. The van der Waals surface area contributed by atoms with Gasteiger partial charge in [-0.1, -0.05) is 91.7 Å². The predicted octanol–water partition coefficient (Wildman–Crippen LogP) is 8.34. The summed E-state index contributed by atoms with van der Waals surface area (Å²) in [6, 6.07) is 28.2. The number of ether oxygens (including phenoxy) is 2. The van der Waals surface area contributed by atoms with Gasteiger partial charge in [0.2, 0.25) is 0 Å². The van der Waals surface area contributed by atoms with Gasteiger partial charge < -0.3 is 21.0 Å². The van der Waals surface area contributed by atoms with Crippen molar-refractivity contribution >= 4 is 23.8 Å². The summed E-state index contributed by atoms with van der Waals surface area (Å²) >= 11 is 0. The molecular weight excluding hydrogens is 582 g/mol. The van der Waals surface area contributed by atoms with Gasteiger partial charge in [0.25, 0.3) is 0 Å². The van der Waals surface area contributed by atoms with Crippen LogP contribution in [0, 0.1) is 27.7 Å². The summed E-state index contributed by atoms with van der Waals surface area (Å²) in [7, 11) is 1.72.